The van der Waals surface area contributed by atoms with Gasteiger partial charge in [-0.1, -0.05) is 24.3 Å². The quantitative estimate of drug-likeness (QED) is 0.639. The van der Waals surface area contributed by atoms with Crippen molar-refractivity contribution in [2.24, 2.45) is 0 Å². The van der Waals surface area contributed by atoms with Crippen LogP contribution in [-0.4, -0.2) is 12.1 Å². The minimum Gasteiger partial charge on any atom is -0.496 e. The van der Waals surface area contributed by atoms with Crippen LogP contribution in [0.5, 0.6) is 5.75 Å². The molecular formula is C15H11F2NO. The van der Waals surface area contributed by atoms with Crippen molar-refractivity contribution in [1.29, 1.82) is 0 Å². The third kappa shape index (κ3) is 1.80. The standard InChI is InChI=1S/C15H11F2NO/c1-19-12-7-6-11-13(14(12)15(16)17)10-5-3-2-4-9(10)8-18-11/h2-8,15H,1H3. The van der Waals surface area contributed by atoms with Crippen molar-refractivity contribution in [1.82, 2.24) is 4.98 Å². The molecule has 19 heavy (non-hydrogen) atoms. The molecule has 0 saturated carbocycles. The highest BCUT2D eigenvalue weighted by atomic mass is 19.3. The number of nitrogens with zero attached hydrogens (tertiary/aromatic N) is 1. The molecule has 0 N–H and O–H groups in total. The number of hydrogen-bond acceptors (Lipinski definition) is 2. The minimum atomic E-state index is -2.61. The maximum absolute atomic E-state index is 13.4. The molecule has 0 radical (unpaired) electrons. The maximum atomic E-state index is 13.4. The summed E-state index contributed by atoms with van der Waals surface area (Å²) in [5.74, 6) is 0.195. The van der Waals surface area contributed by atoms with Crippen LogP contribution in [0.2, 0.25) is 0 Å². The molecule has 1 heterocycles. The second kappa shape index (κ2) is 4.46. The van der Waals surface area contributed by atoms with Crippen molar-refractivity contribution in [3.05, 3.63) is 48.2 Å². The van der Waals surface area contributed by atoms with Crippen molar-refractivity contribution in [2.45, 2.75) is 6.43 Å². The minimum absolute atomic E-state index is 0.0932. The largest absolute Gasteiger partial charge is 0.496 e. The Labute approximate surface area is 108 Å². The number of benzene rings is 2. The van der Waals surface area contributed by atoms with Gasteiger partial charge in [-0.05, 0) is 17.5 Å². The first-order chi connectivity index (χ1) is 9.22. The summed E-state index contributed by atoms with van der Waals surface area (Å²) < 4.78 is 31.8. The molecule has 0 atom stereocenters. The van der Waals surface area contributed by atoms with Crippen molar-refractivity contribution >= 4 is 21.7 Å². The normalized spacial score (nSPS) is 11.4. The van der Waals surface area contributed by atoms with Crippen molar-refractivity contribution in [3.63, 3.8) is 0 Å². The molecule has 96 valence electrons. The molecule has 0 aliphatic carbocycles. The number of aromatic nitrogens is 1. The van der Waals surface area contributed by atoms with Crippen LogP contribution in [0.4, 0.5) is 8.78 Å². The van der Waals surface area contributed by atoms with Crippen LogP contribution in [0.15, 0.2) is 42.6 Å². The van der Waals surface area contributed by atoms with E-state index in [1.165, 1.54) is 13.2 Å². The Morgan fingerprint density at radius 1 is 1.11 bits per heavy atom. The van der Waals surface area contributed by atoms with E-state index in [4.69, 9.17) is 4.74 Å². The molecule has 3 rings (SSSR count). The Morgan fingerprint density at radius 3 is 2.63 bits per heavy atom. The summed E-state index contributed by atoms with van der Waals surface area (Å²) in [5.41, 5.74) is 0.458. The Morgan fingerprint density at radius 2 is 1.89 bits per heavy atom. The fourth-order valence-electron chi connectivity index (χ4n) is 2.35. The van der Waals surface area contributed by atoms with Gasteiger partial charge in [0.2, 0.25) is 0 Å². The number of alkyl halides is 2. The molecule has 1 aromatic heterocycles. The number of halogens is 2. The summed E-state index contributed by atoms with van der Waals surface area (Å²) in [6, 6.07) is 10.6. The lowest BCUT2D eigenvalue weighted by molar-refractivity contribution is 0.149. The second-order valence-electron chi connectivity index (χ2n) is 4.22. The summed E-state index contributed by atoms with van der Waals surface area (Å²) in [6.45, 7) is 0. The molecule has 0 aliphatic rings. The molecule has 2 aromatic carbocycles. The van der Waals surface area contributed by atoms with Crippen molar-refractivity contribution in [3.8, 4) is 5.75 Å². The van der Waals surface area contributed by atoms with E-state index in [1.54, 1.807) is 12.3 Å². The van der Waals surface area contributed by atoms with Gasteiger partial charge in [0.05, 0.1) is 18.2 Å². The predicted octanol–water partition coefficient (Wildman–Crippen LogP) is 4.33. The van der Waals surface area contributed by atoms with E-state index in [9.17, 15) is 8.78 Å². The van der Waals surface area contributed by atoms with E-state index in [1.807, 2.05) is 24.3 Å². The van der Waals surface area contributed by atoms with Crippen molar-refractivity contribution < 1.29 is 13.5 Å². The van der Waals surface area contributed by atoms with Gasteiger partial charge < -0.3 is 4.74 Å². The van der Waals surface area contributed by atoms with Crippen LogP contribution in [0.1, 0.15) is 12.0 Å². The summed E-state index contributed by atoms with van der Waals surface area (Å²) in [4.78, 5) is 4.24. The number of pyridine rings is 1. The zero-order valence-electron chi connectivity index (χ0n) is 10.2. The Kier molecular flexibility index (Phi) is 2.78. The fourth-order valence-corrected chi connectivity index (χ4v) is 2.35. The van der Waals surface area contributed by atoms with Crippen LogP contribution in [0.25, 0.3) is 21.7 Å². The molecular weight excluding hydrogens is 248 g/mol. The highest BCUT2D eigenvalue weighted by Gasteiger charge is 2.19. The number of methoxy groups -OCH3 is 1. The monoisotopic (exact) mass is 259 g/mol. The number of hydrogen-bond donors (Lipinski definition) is 0. The van der Waals surface area contributed by atoms with E-state index >= 15 is 0 Å². The van der Waals surface area contributed by atoms with E-state index in [-0.39, 0.29) is 11.3 Å². The van der Waals surface area contributed by atoms with Gasteiger partial charge in [-0.25, -0.2) is 8.78 Å². The molecule has 0 fully saturated rings. The highest BCUT2D eigenvalue weighted by molar-refractivity contribution is 6.07. The van der Waals surface area contributed by atoms with Gasteiger partial charge in [-0.15, -0.1) is 0 Å². The zero-order valence-corrected chi connectivity index (χ0v) is 10.2. The van der Waals surface area contributed by atoms with Gasteiger partial charge in [0.15, 0.2) is 0 Å². The molecule has 2 nitrogen and oxygen atoms in total. The van der Waals surface area contributed by atoms with Gasteiger partial charge in [0, 0.05) is 17.0 Å². The van der Waals surface area contributed by atoms with Crippen LogP contribution >= 0.6 is 0 Å². The Balaban J connectivity index is 2.54. The summed E-state index contributed by atoms with van der Waals surface area (Å²) in [5, 5.41) is 2.07. The van der Waals surface area contributed by atoms with E-state index in [2.05, 4.69) is 4.98 Å². The first-order valence-corrected chi connectivity index (χ1v) is 5.85. The van der Waals surface area contributed by atoms with Crippen LogP contribution in [0, 0.1) is 0 Å². The average Bonchev–Trinajstić information content (AvgIpc) is 2.45. The lowest BCUT2D eigenvalue weighted by Gasteiger charge is -2.12. The first kappa shape index (κ1) is 11.8. The van der Waals surface area contributed by atoms with Gasteiger partial charge in [0.25, 0.3) is 6.43 Å². The zero-order chi connectivity index (χ0) is 13.4. The lowest BCUT2D eigenvalue weighted by atomic mass is 10.0. The molecule has 4 heteroatoms. The van der Waals surface area contributed by atoms with Crippen LogP contribution < -0.4 is 4.74 Å². The topological polar surface area (TPSA) is 22.1 Å². The number of fused-ring (bicyclic) bond motifs is 3. The van der Waals surface area contributed by atoms with Gasteiger partial charge in [-0.3, -0.25) is 4.98 Å². The van der Waals surface area contributed by atoms with E-state index in [0.717, 1.165) is 10.8 Å². The molecule has 0 unspecified atom stereocenters. The van der Waals surface area contributed by atoms with Gasteiger partial charge in [-0.2, -0.15) is 0 Å². The van der Waals surface area contributed by atoms with Gasteiger partial charge in [0.1, 0.15) is 5.75 Å². The third-order valence-corrected chi connectivity index (χ3v) is 3.19. The maximum Gasteiger partial charge on any atom is 0.268 e. The van der Waals surface area contributed by atoms with Gasteiger partial charge >= 0.3 is 0 Å². The first-order valence-electron chi connectivity index (χ1n) is 5.85. The van der Waals surface area contributed by atoms with Crippen molar-refractivity contribution in [2.75, 3.05) is 7.11 Å². The molecule has 3 aromatic rings. The smallest absolute Gasteiger partial charge is 0.268 e. The lowest BCUT2D eigenvalue weighted by Crippen LogP contribution is -1.96. The second-order valence-corrected chi connectivity index (χ2v) is 4.22. The molecule has 0 aliphatic heterocycles. The molecule has 0 spiro atoms. The van der Waals surface area contributed by atoms with E-state index < -0.39 is 6.43 Å². The fraction of sp³-hybridized carbons (Fsp3) is 0.133. The molecule has 0 bridgehead atoms. The summed E-state index contributed by atoms with van der Waals surface area (Å²) in [7, 11) is 1.39. The summed E-state index contributed by atoms with van der Waals surface area (Å²) in [6.07, 6.45) is -0.911. The summed E-state index contributed by atoms with van der Waals surface area (Å²) >= 11 is 0. The van der Waals surface area contributed by atoms with Crippen LogP contribution in [0.3, 0.4) is 0 Å². The Hall–Kier alpha value is -2.23. The SMILES string of the molecule is COc1ccc2ncc3ccccc3c2c1C(F)F. The molecule has 0 amide bonds. The highest BCUT2D eigenvalue weighted by Crippen LogP contribution is 2.38. The van der Waals surface area contributed by atoms with Crippen LogP contribution in [-0.2, 0) is 0 Å². The molecule has 0 saturated heterocycles. The third-order valence-electron chi connectivity index (χ3n) is 3.19. The number of rotatable bonds is 2. The average molecular weight is 259 g/mol. The van der Waals surface area contributed by atoms with E-state index in [0.29, 0.717) is 10.9 Å². The predicted molar refractivity (Wildman–Crippen MR) is 70.8 cm³/mol. The Bertz CT molecular complexity index is 756. The number of ether oxygens (including phenoxy) is 1.